The molecule has 0 spiro atoms. The Morgan fingerprint density at radius 3 is 2.72 bits per heavy atom. The predicted molar refractivity (Wildman–Crippen MR) is 112 cm³/mol. The Labute approximate surface area is 178 Å². The van der Waals surface area contributed by atoms with Crippen molar-refractivity contribution in [2.75, 3.05) is 18.7 Å². The lowest BCUT2D eigenvalue weighted by Crippen LogP contribution is -2.41. The summed E-state index contributed by atoms with van der Waals surface area (Å²) in [5.74, 6) is 0.754. The van der Waals surface area contributed by atoms with Crippen LogP contribution >= 0.6 is 15.9 Å². The first-order valence-electron chi connectivity index (χ1n) is 9.38. The summed E-state index contributed by atoms with van der Waals surface area (Å²) in [6, 6.07) is 9.57. The first-order valence-corrected chi connectivity index (χ1v) is 11.6. The lowest BCUT2D eigenvalue weighted by Gasteiger charge is -2.32. The second-order valence-corrected chi connectivity index (χ2v) is 9.87. The minimum atomic E-state index is -3.67. The number of sulfonamides is 1. The highest BCUT2D eigenvalue weighted by Crippen LogP contribution is 2.34. The molecule has 2 aromatic rings. The maximum Gasteiger partial charge on any atom is 0.256 e. The van der Waals surface area contributed by atoms with Gasteiger partial charge in [0.2, 0.25) is 16.8 Å². The van der Waals surface area contributed by atoms with Gasteiger partial charge in [-0.25, -0.2) is 8.42 Å². The third-order valence-corrected chi connectivity index (χ3v) is 7.86. The summed E-state index contributed by atoms with van der Waals surface area (Å²) in [7, 11) is -3.67. The van der Waals surface area contributed by atoms with Crippen LogP contribution < -0.4 is 14.8 Å². The molecular formula is C20H21BrN2O5S. The van der Waals surface area contributed by atoms with Gasteiger partial charge in [0.25, 0.3) is 5.91 Å². The molecule has 7 nitrogen and oxygen atoms in total. The van der Waals surface area contributed by atoms with Crippen LogP contribution in [0.1, 0.15) is 36.5 Å². The molecule has 0 unspecified atom stereocenters. The van der Waals surface area contributed by atoms with Crippen molar-refractivity contribution in [3.05, 3.63) is 46.4 Å². The molecule has 0 saturated carbocycles. The highest BCUT2D eigenvalue weighted by molar-refractivity contribution is 9.10. The number of piperidine rings is 1. The van der Waals surface area contributed by atoms with Crippen molar-refractivity contribution in [3.8, 4) is 11.5 Å². The van der Waals surface area contributed by atoms with Crippen LogP contribution in [-0.2, 0) is 10.0 Å². The van der Waals surface area contributed by atoms with Crippen molar-refractivity contribution in [2.24, 2.45) is 0 Å². The molecule has 2 aliphatic rings. The zero-order chi connectivity index (χ0) is 20.6. The van der Waals surface area contributed by atoms with Gasteiger partial charge in [-0.2, -0.15) is 4.31 Å². The van der Waals surface area contributed by atoms with E-state index < -0.39 is 15.9 Å². The molecule has 29 heavy (non-hydrogen) atoms. The summed E-state index contributed by atoms with van der Waals surface area (Å²) < 4.78 is 38.9. The number of hydrogen-bond acceptors (Lipinski definition) is 5. The number of rotatable bonds is 4. The minimum absolute atomic E-state index is 0.0525. The van der Waals surface area contributed by atoms with Crippen molar-refractivity contribution in [1.82, 2.24) is 4.31 Å². The molecule has 2 aliphatic heterocycles. The standard InChI is InChI=1S/C20H21BrN2O5S/c1-13-4-2-3-9-23(13)29(25,26)15-6-7-17(21)16(11-15)20(24)22-14-5-8-18-19(10-14)28-12-27-18/h5-8,10-11,13H,2-4,9,12H2,1H3,(H,22,24)/t13-/m0/s1. The van der Waals surface area contributed by atoms with Crippen LogP contribution in [0.2, 0.25) is 0 Å². The Hall–Kier alpha value is -2.10. The van der Waals surface area contributed by atoms with Crippen LogP contribution in [0.4, 0.5) is 5.69 Å². The largest absolute Gasteiger partial charge is 0.454 e. The Bertz CT molecular complexity index is 1060. The molecule has 2 heterocycles. The minimum Gasteiger partial charge on any atom is -0.454 e. The normalized spacial score (nSPS) is 19.2. The number of benzene rings is 2. The number of nitrogens with zero attached hydrogens (tertiary/aromatic N) is 1. The number of carbonyl (C=O) groups is 1. The molecule has 1 atom stereocenters. The molecule has 4 rings (SSSR count). The van der Waals surface area contributed by atoms with E-state index in [4.69, 9.17) is 9.47 Å². The second-order valence-electron chi connectivity index (χ2n) is 7.12. The van der Waals surface area contributed by atoms with E-state index in [-0.39, 0.29) is 23.3 Å². The van der Waals surface area contributed by atoms with E-state index in [0.29, 0.717) is 28.2 Å². The van der Waals surface area contributed by atoms with Gasteiger partial charge in [0.05, 0.1) is 10.5 Å². The zero-order valence-electron chi connectivity index (χ0n) is 15.9. The molecule has 9 heteroatoms. The van der Waals surface area contributed by atoms with Gasteiger partial charge in [0, 0.05) is 28.8 Å². The summed E-state index contributed by atoms with van der Waals surface area (Å²) >= 11 is 3.35. The lowest BCUT2D eigenvalue weighted by atomic mass is 10.1. The average Bonchev–Trinajstić information content (AvgIpc) is 3.16. The first kappa shape index (κ1) is 20.2. The molecule has 1 N–H and O–H groups in total. The number of nitrogens with one attached hydrogen (secondary N) is 1. The van der Waals surface area contributed by atoms with Crippen molar-refractivity contribution in [1.29, 1.82) is 0 Å². The number of fused-ring (bicyclic) bond motifs is 1. The van der Waals surface area contributed by atoms with Gasteiger partial charge < -0.3 is 14.8 Å². The number of anilines is 1. The van der Waals surface area contributed by atoms with Crippen LogP contribution in [0.5, 0.6) is 11.5 Å². The van der Waals surface area contributed by atoms with Crippen LogP contribution in [0, 0.1) is 0 Å². The second kappa shape index (κ2) is 7.97. The predicted octanol–water partition coefficient (Wildman–Crippen LogP) is 3.99. The van der Waals surface area contributed by atoms with E-state index in [2.05, 4.69) is 21.2 Å². The summed E-state index contributed by atoms with van der Waals surface area (Å²) in [6.45, 7) is 2.56. The van der Waals surface area contributed by atoms with E-state index in [1.807, 2.05) is 6.92 Å². The first-order chi connectivity index (χ1) is 13.9. The molecule has 0 aromatic heterocycles. The number of ether oxygens (including phenoxy) is 2. The number of amides is 1. The van der Waals surface area contributed by atoms with Gasteiger partial charge in [0.1, 0.15) is 0 Å². The Balaban J connectivity index is 1.60. The van der Waals surface area contributed by atoms with Gasteiger partial charge >= 0.3 is 0 Å². The topological polar surface area (TPSA) is 84.9 Å². The van der Waals surface area contributed by atoms with Gasteiger partial charge in [-0.05, 0) is 66.0 Å². The van der Waals surface area contributed by atoms with Crippen molar-refractivity contribution in [2.45, 2.75) is 37.1 Å². The van der Waals surface area contributed by atoms with Crippen molar-refractivity contribution in [3.63, 3.8) is 0 Å². The molecule has 2 aromatic carbocycles. The maximum absolute atomic E-state index is 13.1. The SMILES string of the molecule is C[C@H]1CCCCN1S(=O)(=O)c1ccc(Br)c(C(=O)Nc2ccc3c(c2)OCO3)c1. The van der Waals surface area contributed by atoms with E-state index >= 15 is 0 Å². The molecule has 0 radical (unpaired) electrons. The third kappa shape index (κ3) is 3.99. The smallest absolute Gasteiger partial charge is 0.256 e. The fourth-order valence-electron chi connectivity index (χ4n) is 3.58. The van der Waals surface area contributed by atoms with Gasteiger partial charge in [-0.1, -0.05) is 6.42 Å². The zero-order valence-corrected chi connectivity index (χ0v) is 18.3. The molecule has 0 bridgehead atoms. The quantitative estimate of drug-likeness (QED) is 0.714. The summed E-state index contributed by atoms with van der Waals surface area (Å²) in [5, 5.41) is 2.78. The molecule has 0 aliphatic carbocycles. The monoisotopic (exact) mass is 480 g/mol. The molecule has 1 saturated heterocycles. The van der Waals surface area contributed by atoms with Gasteiger partial charge in [0.15, 0.2) is 11.5 Å². The van der Waals surface area contributed by atoms with E-state index in [9.17, 15) is 13.2 Å². The number of halogens is 1. The van der Waals surface area contributed by atoms with E-state index in [1.165, 1.54) is 16.4 Å². The molecule has 1 fully saturated rings. The summed E-state index contributed by atoms with van der Waals surface area (Å²) in [6.07, 6.45) is 2.71. The van der Waals surface area contributed by atoms with Gasteiger partial charge in [-0.3, -0.25) is 4.79 Å². The Morgan fingerprint density at radius 1 is 1.14 bits per heavy atom. The fourth-order valence-corrected chi connectivity index (χ4v) is 5.73. The van der Waals surface area contributed by atoms with Crippen molar-refractivity contribution < 1.29 is 22.7 Å². The average molecular weight is 481 g/mol. The number of hydrogen-bond donors (Lipinski definition) is 1. The highest BCUT2D eigenvalue weighted by Gasteiger charge is 2.31. The Kier molecular flexibility index (Phi) is 5.54. The number of carbonyl (C=O) groups excluding carboxylic acids is 1. The fraction of sp³-hybridized carbons (Fsp3) is 0.350. The lowest BCUT2D eigenvalue weighted by molar-refractivity contribution is 0.102. The molecular weight excluding hydrogens is 460 g/mol. The van der Waals surface area contributed by atoms with E-state index in [0.717, 1.165) is 19.3 Å². The van der Waals surface area contributed by atoms with Crippen LogP contribution in [-0.4, -0.2) is 38.0 Å². The van der Waals surface area contributed by atoms with Crippen LogP contribution in [0.25, 0.3) is 0 Å². The maximum atomic E-state index is 13.1. The van der Waals surface area contributed by atoms with Crippen LogP contribution in [0.15, 0.2) is 45.8 Å². The summed E-state index contributed by atoms with van der Waals surface area (Å²) in [5.41, 5.74) is 0.775. The highest BCUT2D eigenvalue weighted by atomic mass is 79.9. The molecule has 154 valence electrons. The van der Waals surface area contributed by atoms with Crippen LogP contribution in [0.3, 0.4) is 0 Å². The molecule has 1 amide bonds. The summed E-state index contributed by atoms with van der Waals surface area (Å²) in [4.78, 5) is 12.9. The van der Waals surface area contributed by atoms with Crippen molar-refractivity contribution >= 4 is 37.5 Å². The third-order valence-electron chi connectivity index (χ3n) is 5.16. The van der Waals surface area contributed by atoms with Gasteiger partial charge in [-0.15, -0.1) is 0 Å². The Morgan fingerprint density at radius 2 is 1.93 bits per heavy atom. The van der Waals surface area contributed by atoms with E-state index in [1.54, 1.807) is 24.3 Å².